The van der Waals surface area contributed by atoms with Crippen LogP contribution in [-0.2, 0) is 28.3 Å². The van der Waals surface area contributed by atoms with E-state index in [4.69, 9.17) is 0 Å². The zero-order valence-electron chi connectivity index (χ0n) is 40.8. The summed E-state index contributed by atoms with van der Waals surface area (Å²) in [6.45, 7) is 0. The van der Waals surface area contributed by atoms with Crippen molar-refractivity contribution in [2.24, 2.45) is 0 Å². The molecule has 2 fully saturated rings. The van der Waals surface area contributed by atoms with Gasteiger partial charge in [-0.1, -0.05) is 164 Å². The Kier molecular flexibility index (Phi) is 6.84. The van der Waals surface area contributed by atoms with Gasteiger partial charge in [0.2, 0.25) is 28.2 Å². The summed E-state index contributed by atoms with van der Waals surface area (Å²) < 4.78 is 7.92. The molecular formula is C72H44N3+3. The third-order valence-corrected chi connectivity index (χ3v) is 19.2. The van der Waals surface area contributed by atoms with Crippen molar-refractivity contribution >= 4 is 22.9 Å². The molecule has 9 heterocycles. The van der Waals surface area contributed by atoms with Gasteiger partial charge in [0.05, 0.1) is 22.3 Å². The molecular weight excluding hydrogens is 907 g/mol. The lowest BCUT2D eigenvalue weighted by Gasteiger charge is -2.35. The molecule has 3 aliphatic carbocycles. The molecule has 344 valence electrons. The maximum absolute atomic E-state index is 2.82. The summed E-state index contributed by atoms with van der Waals surface area (Å²) in [4.78, 5) is 0. The summed E-state index contributed by atoms with van der Waals surface area (Å²) in [5.41, 5.74) is 29.9. The van der Waals surface area contributed by atoms with Gasteiger partial charge < -0.3 is 0 Å². The minimum atomic E-state index is -0.661. The largest absolute Gasteiger partial charge is 0.228 e. The fraction of sp³-hybridized carbons (Fsp3) is 0.0694. The van der Waals surface area contributed by atoms with Gasteiger partial charge in [0, 0.05) is 52.1 Å². The number of hydrogen-bond acceptors (Lipinski definition) is 0. The lowest BCUT2D eigenvalue weighted by Crippen LogP contribution is -2.56. The van der Waals surface area contributed by atoms with Gasteiger partial charge in [0.15, 0.2) is 24.8 Å². The maximum Gasteiger partial charge on any atom is 0.228 e. The van der Waals surface area contributed by atoms with Crippen LogP contribution in [0.3, 0.4) is 0 Å². The van der Waals surface area contributed by atoms with Crippen LogP contribution in [0.1, 0.15) is 33.4 Å². The Hall–Kier alpha value is -9.31. The van der Waals surface area contributed by atoms with Crippen molar-refractivity contribution in [2.75, 3.05) is 0 Å². The van der Waals surface area contributed by atoms with Crippen LogP contribution >= 0.6 is 0 Å². The normalized spacial score (nSPS) is 25.3. The Morgan fingerprint density at radius 2 is 0.893 bits per heavy atom. The van der Waals surface area contributed by atoms with Gasteiger partial charge in [-0.15, -0.1) is 0 Å². The highest BCUT2D eigenvalue weighted by atomic mass is 15.2. The molecule has 19 rings (SSSR count). The minimum absolute atomic E-state index is 0.586. The molecule has 10 aromatic rings. The fourth-order valence-corrected chi connectivity index (χ4v) is 16.5. The molecule has 4 unspecified atom stereocenters. The molecule has 11 bridgehead atoms. The summed E-state index contributed by atoms with van der Waals surface area (Å²) in [6, 6.07) is 79.3. The number of aromatic nitrogens is 3. The van der Waals surface area contributed by atoms with E-state index in [-0.39, 0.29) is 0 Å². The molecule has 4 spiro atoms. The molecule has 9 aliphatic rings. The highest BCUT2D eigenvalue weighted by Crippen LogP contribution is 2.89. The standard InChI is InChI=1S/C72H44N3/c1-2-17-44(18-3-1)58-38-66-57-28-13-15-30-62(57)72-63-40-70-68-67(72)69(72)39-48(51-22-6-9-24-53(51)59(58)43-75(66)69)37-45-19-4-5-23-52(45)64-34-32-46-41-73(64)36-16-31-60(54-25-10-7-20-49(46)54)71(68,70)61-29-14-12-27-56(61)65-35-33-47(42-74(65)70)50-21-8-11-26-55(50)63/h1-36,38-43H,37H2/q+3/b36-16-,48-39+,60-31-. The Morgan fingerprint density at radius 3 is 1.64 bits per heavy atom. The highest BCUT2D eigenvalue weighted by Gasteiger charge is 2.97. The van der Waals surface area contributed by atoms with Crippen LogP contribution in [0.5, 0.6) is 0 Å². The van der Waals surface area contributed by atoms with Crippen LogP contribution in [0.2, 0.25) is 0 Å². The zero-order valence-corrected chi connectivity index (χ0v) is 40.8. The molecule has 3 nitrogen and oxygen atoms in total. The van der Waals surface area contributed by atoms with Crippen LogP contribution in [0.4, 0.5) is 0 Å². The van der Waals surface area contributed by atoms with Crippen molar-refractivity contribution in [1.29, 1.82) is 0 Å². The van der Waals surface area contributed by atoms with E-state index in [0.717, 1.165) is 6.42 Å². The van der Waals surface area contributed by atoms with Crippen LogP contribution in [-0.4, -0.2) is 0 Å². The first kappa shape index (κ1) is 39.2. The fourth-order valence-electron chi connectivity index (χ4n) is 16.5. The lowest BCUT2D eigenvalue weighted by atomic mass is 9.69. The smallest absolute Gasteiger partial charge is 0.183 e. The summed E-state index contributed by atoms with van der Waals surface area (Å²) in [7, 11) is 0. The number of benzene rings is 7. The third kappa shape index (κ3) is 4.25. The second-order valence-corrected chi connectivity index (χ2v) is 22.1. The topological polar surface area (TPSA) is 11.6 Å². The molecule has 0 amide bonds. The minimum Gasteiger partial charge on any atom is -0.183 e. The molecule has 7 aromatic carbocycles. The van der Waals surface area contributed by atoms with Gasteiger partial charge in [-0.2, -0.15) is 13.7 Å². The van der Waals surface area contributed by atoms with Crippen molar-refractivity contribution in [3.8, 4) is 78.3 Å². The van der Waals surface area contributed by atoms with Crippen LogP contribution in [0.25, 0.3) is 101 Å². The van der Waals surface area contributed by atoms with E-state index in [0.29, 0.717) is 0 Å². The summed E-state index contributed by atoms with van der Waals surface area (Å²) in [5.74, 6) is 0. The van der Waals surface area contributed by atoms with Crippen LogP contribution < -0.4 is 13.7 Å². The van der Waals surface area contributed by atoms with Crippen molar-refractivity contribution in [3.63, 3.8) is 0 Å². The molecule has 0 saturated heterocycles. The van der Waals surface area contributed by atoms with Crippen LogP contribution in [0, 0.1) is 0 Å². The molecule has 4 atom stereocenters. The number of allylic oxidation sites excluding steroid dienone is 9. The van der Waals surface area contributed by atoms with Crippen molar-refractivity contribution in [2.45, 2.75) is 28.3 Å². The van der Waals surface area contributed by atoms with Crippen LogP contribution in [0.15, 0.2) is 260 Å². The summed E-state index contributed by atoms with van der Waals surface area (Å²) in [5, 5.41) is 0. The highest BCUT2D eigenvalue weighted by molar-refractivity contribution is 6.10. The lowest BCUT2D eigenvalue weighted by molar-refractivity contribution is -0.719. The Labute approximate surface area is 434 Å². The SMILES string of the molecule is C1=C2c3ccccc3-c3ccc4[n+](c3)C13C1=C5C26c2ccccc2-c2cc(-c7ccccc7)c7c[n+]2C56/C=C(\Cc2ccccc2-c2ccc5c[n+]2/C=C\C=C(\c2ccccc2-5)C13c1ccccc1-4)c1ccccc1-7. The van der Waals surface area contributed by atoms with Gasteiger partial charge in [0.1, 0.15) is 10.8 Å². The van der Waals surface area contributed by atoms with E-state index in [1.807, 2.05) is 0 Å². The molecule has 0 N–H and O–H groups in total. The zero-order chi connectivity index (χ0) is 48.6. The van der Waals surface area contributed by atoms with Gasteiger partial charge in [-0.3, -0.25) is 0 Å². The van der Waals surface area contributed by atoms with E-state index < -0.39 is 21.9 Å². The number of nitrogens with zero attached hydrogens (tertiary/aromatic N) is 3. The average Bonchev–Trinajstić information content (AvgIpc) is 1.76. The predicted octanol–water partition coefficient (Wildman–Crippen LogP) is 14.1. The molecule has 6 aliphatic heterocycles. The summed E-state index contributed by atoms with van der Waals surface area (Å²) in [6.07, 6.45) is 21.0. The van der Waals surface area contributed by atoms with Crippen molar-refractivity contribution in [3.05, 3.63) is 294 Å². The molecule has 2 saturated carbocycles. The van der Waals surface area contributed by atoms with E-state index in [1.165, 1.54) is 140 Å². The molecule has 75 heavy (non-hydrogen) atoms. The van der Waals surface area contributed by atoms with E-state index in [9.17, 15) is 0 Å². The first-order valence-electron chi connectivity index (χ1n) is 26.6. The van der Waals surface area contributed by atoms with Gasteiger partial charge in [0.25, 0.3) is 0 Å². The number of pyridine rings is 3. The van der Waals surface area contributed by atoms with Gasteiger partial charge >= 0.3 is 0 Å². The Morgan fingerprint density at radius 1 is 0.347 bits per heavy atom. The molecule has 0 radical (unpaired) electrons. The first-order valence-corrected chi connectivity index (χ1v) is 26.6. The number of hydrogen-bond donors (Lipinski definition) is 0. The number of rotatable bonds is 1. The van der Waals surface area contributed by atoms with E-state index >= 15 is 0 Å². The van der Waals surface area contributed by atoms with Crippen molar-refractivity contribution < 1.29 is 13.7 Å². The van der Waals surface area contributed by atoms with E-state index in [2.05, 4.69) is 269 Å². The van der Waals surface area contributed by atoms with Gasteiger partial charge in [-0.05, 0) is 121 Å². The summed E-state index contributed by atoms with van der Waals surface area (Å²) >= 11 is 0. The number of fused-ring (bicyclic) bond motifs is 19. The molecule has 3 aromatic heterocycles. The Balaban J connectivity index is 1.09. The predicted molar refractivity (Wildman–Crippen MR) is 297 cm³/mol. The molecule has 3 heteroatoms. The first-order chi connectivity index (χ1) is 37.2. The second kappa shape index (κ2) is 13.1. The van der Waals surface area contributed by atoms with Crippen molar-refractivity contribution in [1.82, 2.24) is 0 Å². The average molecular weight is 951 g/mol. The Bertz CT molecular complexity index is 4580. The van der Waals surface area contributed by atoms with E-state index in [1.54, 1.807) is 0 Å². The third-order valence-electron chi connectivity index (χ3n) is 19.2. The monoisotopic (exact) mass is 950 g/mol. The second-order valence-electron chi connectivity index (χ2n) is 22.1. The maximum atomic E-state index is 2.82. The van der Waals surface area contributed by atoms with Gasteiger partial charge in [-0.25, -0.2) is 0 Å². The quantitative estimate of drug-likeness (QED) is 0.115.